The minimum atomic E-state index is -0.274. The maximum Gasteiger partial charge on any atom is 0.255 e. The van der Waals surface area contributed by atoms with Crippen molar-refractivity contribution in [3.8, 4) is 11.5 Å². The number of carbonyl (C=O) groups is 2. The van der Waals surface area contributed by atoms with E-state index >= 15 is 0 Å². The Balaban J connectivity index is 1.32. The summed E-state index contributed by atoms with van der Waals surface area (Å²) in [4.78, 5) is 27.9. The molecule has 6 heteroatoms. The van der Waals surface area contributed by atoms with E-state index in [1.165, 1.54) is 6.42 Å². The molecular formula is C29H32N2O4. The predicted octanol–water partition coefficient (Wildman–Crippen LogP) is 5.80. The molecule has 3 aromatic carbocycles. The van der Waals surface area contributed by atoms with E-state index < -0.39 is 0 Å². The highest BCUT2D eigenvalue weighted by Gasteiger charge is 2.25. The van der Waals surface area contributed by atoms with E-state index in [4.69, 9.17) is 9.47 Å². The third-order valence-electron chi connectivity index (χ3n) is 6.33. The topological polar surface area (TPSA) is 67.9 Å². The van der Waals surface area contributed by atoms with Crippen LogP contribution >= 0.6 is 0 Å². The van der Waals surface area contributed by atoms with Crippen LogP contribution in [-0.4, -0.2) is 43.0 Å². The molecule has 0 heterocycles. The van der Waals surface area contributed by atoms with Crippen molar-refractivity contribution in [1.82, 2.24) is 4.90 Å². The Morgan fingerprint density at radius 3 is 2.09 bits per heavy atom. The molecule has 0 bridgehead atoms. The largest absolute Gasteiger partial charge is 0.490 e. The first kappa shape index (κ1) is 24.3. The van der Waals surface area contributed by atoms with Gasteiger partial charge in [0, 0.05) is 18.7 Å². The average molecular weight is 473 g/mol. The number of benzene rings is 3. The van der Waals surface area contributed by atoms with Gasteiger partial charge in [0.05, 0.1) is 11.3 Å². The van der Waals surface area contributed by atoms with E-state index in [0.717, 1.165) is 31.4 Å². The standard InChI is InChI=1S/C29H32N2O4/c1-31(23-10-4-2-5-11-23)29(33)26-14-8-9-15-27(26)30-28(32)22-16-18-25(19-17-22)35-21-20-34-24-12-6-3-7-13-24/h3,6-9,12-19,23H,2,4-5,10-11,20-21H2,1H3,(H,30,32). The van der Waals surface area contributed by atoms with Gasteiger partial charge in [-0.25, -0.2) is 0 Å². The second kappa shape index (κ2) is 12.1. The quantitative estimate of drug-likeness (QED) is 0.400. The lowest BCUT2D eigenvalue weighted by molar-refractivity contribution is 0.0697. The molecule has 2 amide bonds. The third-order valence-corrected chi connectivity index (χ3v) is 6.33. The Labute approximate surface area is 206 Å². The number of hydrogen-bond acceptors (Lipinski definition) is 4. The third kappa shape index (κ3) is 6.63. The molecule has 182 valence electrons. The highest BCUT2D eigenvalue weighted by atomic mass is 16.5. The van der Waals surface area contributed by atoms with Gasteiger partial charge in [-0.2, -0.15) is 0 Å². The van der Waals surface area contributed by atoms with E-state index in [1.807, 2.05) is 54.4 Å². The van der Waals surface area contributed by atoms with Crippen LogP contribution in [0.4, 0.5) is 5.69 Å². The summed E-state index contributed by atoms with van der Waals surface area (Å²) in [6, 6.07) is 23.9. The lowest BCUT2D eigenvalue weighted by Gasteiger charge is -2.31. The van der Waals surface area contributed by atoms with Gasteiger partial charge in [-0.15, -0.1) is 0 Å². The van der Waals surface area contributed by atoms with Gasteiger partial charge in [-0.05, 0) is 61.4 Å². The average Bonchev–Trinajstić information content (AvgIpc) is 2.92. The zero-order valence-electron chi connectivity index (χ0n) is 20.1. The molecule has 1 N–H and O–H groups in total. The van der Waals surface area contributed by atoms with E-state index in [1.54, 1.807) is 36.4 Å². The van der Waals surface area contributed by atoms with E-state index in [-0.39, 0.29) is 17.9 Å². The fraction of sp³-hybridized carbons (Fsp3) is 0.310. The molecule has 4 rings (SSSR count). The minimum Gasteiger partial charge on any atom is -0.490 e. The van der Waals surface area contributed by atoms with Gasteiger partial charge in [0.25, 0.3) is 11.8 Å². The van der Waals surface area contributed by atoms with Gasteiger partial charge in [0.1, 0.15) is 24.7 Å². The number of anilines is 1. The molecular weight excluding hydrogens is 440 g/mol. The van der Waals surface area contributed by atoms with Crippen molar-refractivity contribution in [3.63, 3.8) is 0 Å². The van der Waals surface area contributed by atoms with Crippen molar-refractivity contribution in [3.05, 3.63) is 90.0 Å². The molecule has 0 unspecified atom stereocenters. The molecule has 0 aliphatic heterocycles. The summed E-state index contributed by atoms with van der Waals surface area (Å²) < 4.78 is 11.3. The maximum atomic E-state index is 13.2. The van der Waals surface area contributed by atoms with Crippen LogP contribution in [0.5, 0.6) is 11.5 Å². The number of nitrogens with one attached hydrogen (secondary N) is 1. The molecule has 0 spiro atoms. The molecule has 6 nitrogen and oxygen atoms in total. The summed E-state index contributed by atoms with van der Waals surface area (Å²) in [6.45, 7) is 0.816. The van der Waals surface area contributed by atoms with E-state index in [2.05, 4.69) is 5.32 Å². The second-order valence-electron chi connectivity index (χ2n) is 8.74. The highest BCUT2D eigenvalue weighted by molar-refractivity contribution is 6.09. The molecule has 0 saturated heterocycles. The summed E-state index contributed by atoms with van der Waals surface area (Å²) in [5.74, 6) is 1.12. The Hall–Kier alpha value is -3.80. The van der Waals surface area contributed by atoms with Crippen LogP contribution in [0.25, 0.3) is 0 Å². The summed E-state index contributed by atoms with van der Waals surface area (Å²) in [7, 11) is 1.86. The van der Waals surface area contributed by atoms with Crippen molar-refractivity contribution < 1.29 is 19.1 Å². The lowest BCUT2D eigenvalue weighted by Crippen LogP contribution is -2.38. The molecule has 1 aliphatic carbocycles. The zero-order chi connectivity index (χ0) is 24.5. The summed E-state index contributed by atoms with van der Waals surface area (Å²) in [5, 5.41) is 2.91. The van der Waals surface area contributed by atoms with Gasteiger partial charge in [0.15, 0.2) is 0 Å². The molecule has 3 aromatic rings. The van der Waals surface area contributed by atoms with Crippen LogP contribution in [0, 0.1) is 0 Å². The molecule has 0 atom stereocenters. The lowest BCUT2D eigenvalue weighted by atomic mass is 9.94. The number of amides is 2. The minimum absolute atomic E-state index is 0.0609. The number of carbonyl (C=O) groups excluding carboxylic acids is 2. The monoisotopic (exact) mass is 472 g/mol. The Morgan fingerprint density at radius 2 is 1.40 bits per heavy atom. The molecule has 0 radical (unpaired) electrons. The van der Waals surface area contributed by atoms with Crippen LogP contribution in [0.15, 0.2) is 78.9 Å². The predicted molar refractivity (Wildman–Crippen MR) is 137 cm³/mol. The van der Waals surface area contributed by atoms with Crippen LogP contribution in [0.3, 0.4) is 0 Å². The van der Waals surface area contributed by atoms with Crippen LogP contribution in [0.1, 0.15) is 52.8 Å². The van der Waals surface area contributed by atoms with Gasteiger partial charge in [-0.1, -0.05) is 49.6 Å². The second-order valence-corrected chi connectivity index (χ2v) is 8.74. The zero-order valence-corrected chi connectivity index (χ0v) is 20.1. The van der Waals surface area contributed by atoms with Crippen molar-refractivity contribution >= 4 is 17.5 Å². The summed E-state index contributed by atoms with van der Waals surface area (Å²) in [5.41, 5.74) is 1.51. The molecule has 0 aromatic heterocycles. The van der Waals surface area contributed by atoms with Crippen LogP contribution in [-0.2, 0) is 0 Å². The van der Waals surface area contributed by atoms with Crippen LogP contribution < -0.4 is 14.8 Å². The van der Waals surface area contributed by atoms with Crippen molar-refractivity contribution in [1.29, 1.82) is 0 Å². The SMILES string of the molecule is CN(C(=O)c1ccccc1NC(=O)c1ccc(OCCOc2ccccc2)cc1)C1CCCCC1. The van der Waals surface area contributed by atoms with Gasteiger partial charge in [0.2, 0.25) is 0 Å². The first-order valence-electron chi connectivity index (χ1n) is 12.2. The van der Waals surface area contributed by atoms with Gasteiger partial charge >= 0.3 is 0 Å². The van der Waals surface area contributed by atoms with Crippen molar-refractivity contribution in [2.24, 2.45) is 0 Å². The normalized spacial score (nSPS) is 13.6. The first-order valence-corrected chi connectivity index (χ1v) is 12.2. The number of hydrogen-bond donors (Lipinski definition) is 1. The molecule has 35 heavy (non-hydrogen) atoms. The highest BCUT2D eigenvalue weighted by Crippen LogP contribution is 2.25. The maximum absolute atomic E-state index is 13.2. The van der Waals surface area contributed by atoms with Gasteiger partial charge in [-0.3, -0.25) is 9.59 Å². The Morgan fingerprint density at radius 1 is 0.800 bits per heavy atom. The molecule has 1 saturated carbocycles. The van der Waals surface area contributed by atoms with E-state index in [9.17, 15) is 9.59 Å². The Kier molecular flexibility index (Phi) is 8.39. The number of nitrogens with zero attached hydrogens (tertiary/aromatic N) is 1. The molecule has 1 aliphatic rings. The van der Waals surface area contributed by atoms with E-state index in [0.29, 0.717) is 35.8 Å². The summed E-state index contributed by atoms with van der Waals surface area (Å²) >= 11 is 0. The first-order chi connectivity index (χ1) is 17.1. The smallest absolute Gasteiger partial charge is 0.255 e. The van der Waals surface area contributed by atoms with Gasteiger partial charge < -0.3 is 19.7 Å². The van der Waals surface area contributed by atoms with Crippen molar-refractivity contribution in [2.45, 2.75) is 38.1 Å². The van der Waals surface area contributed by atoms with Crippen molar-refractivity contribution in [2.75, 3.05) is 25.6 Å². The fourth-order valence-corrected chi connectivity index (χ4v) is 4.34. The number of rotatable bonds is 9. The number of ether oxygens (including phenoxy) is 2. The van der Waals surface area contributed by atoms with Crippen LogP contribution in [0.2, 0.25) is 0 Å². The number of para-hydroxylation sites is 2. The summed E-state index contributed by atoms with van der Waals surface area (Å²) in [6.07, 6.45) is 5.60. The fourth-order valence-electron chi connectivity index (χ4n) is 4.34. The molecule has 1 fully saturated rings. The Bertz CT molecular complexity index is 1110.